The molecule has 2 saturated heterocycles. The number of hydrogen-bond donors (Lipinski definition) is 3. The van der Waals surface area contributed by atoms with Crippen LogP contribution in [0.15, 0.2) is 48.5 Å². The molecule has 3 N–H and O–H groups in total. The van der Waals surface area contributed by atoms with Crippen molar-refractivity contribution in [1.29, 1.82) is 5.26 Å². The zero-order valence-corrected chi connectivity index (χ0v) is 16.3. The average molecular weight is 436 g/mol. The number of aliphatic carboxylic acids is 1. The van der Waals surface area contributed by atoms with Crippen LogP contribution in [-0.2, 0) is 14.4 Å². The van der Waals surface area contributed by atoms with E-state index in [2.05, 4.69) is 5.32 Å². The first-order valence-corrected chi connectivity index (χ1v) is 9.49. The zero-order valence-electron chi connectivity index (χ0n) is 16.3. The van der Waals surface area contributed by atoms with Crippen LogP contribution >= 0.6 is 0 Å². The molecular weight excluding hydrogens is 420 g/mol. The van der Waals surface area contributed by atoms with Crippen molar-refractivity contribution in [2.24, 2.45) is 11.8 Å². The monoisotopic (exact) mass is 436 g/mol. The molecule has 2 aromatic rings. The zero-order chi connectivity index (χ0) is 23.2. The van der Waals surface area contributed by atoms with E-state index < -0.39 is 52.7 Å². The minimum absolute atomic E-state index is 0.0561. The van der Waals surface area contributed by atoms with Gasteiger partial charge in [-0.1, -0.05) is 18.2 Å². The number of carboxylic acid groups (broad SMARTS) is 1. The van der Waals surface area contributed by atoms with E-state index in [9.17, 15) is 34.7 Å². The second kappa shape index (κ2) is 7.52. The Hall–Kier alpha value is -4.14. The topological polar surface area (TPSA) is 174 Å². The van der Waals surface area contributed by atoms with Gasteiger partial charge >= 0.3 is 5.97 Å². The second-order valence-electron chi connectivity index (χ2n) is 7.58. The minimum Gasteiger partial charge on any atom is -0.480 e. The Morgan fingerprint density at radius 1 is 1.22 bits per heavy atom. The van der Waals surface area contributed by atoms with Crippen LogP contribution in [0, 0.1) is 33.3 Å². The quantitative estimate of drug-likeness (QED) is 0.347. The maximum atomic E-state index is 13.4. The van der Waals surface area contributed by atoms with Crippen LogP contribution in [0.1, 0.15) is 17.2 Å². The molecule has 2 aromatic carbocycles. The molecule has 4 rings (SSSR count). The van der Waals surface area contributed by atoms with Gasteiger partial charge in [0.2, 0.25) is 11.8 Å². The maximum absolute atomic E-state index is 13.4. The fourth-order valence-corrected chi connectivity index (χ4v) is 4.46. The summed E-state index contributed by atoms with van der Waals surface area (Å²) in [6.07, 6.45) is 0. The van der Waals surface area contributed by atoms with Gasteiger partial charge in [-0.3, -0.25) is 29.8 Å². The van der Waals surface area contributed by atoms with Crippen molar-refractivity contribution in [1.82, 2.24) is 5.32 Å². The third kappa shape index (κ3) is 2.93. The number of nitriles is 1. The molecule has 11 nitrogen and oxygen atoms in total. The smallest absolute Gasteiger partial charge is 0.327 e. The molecule has 0 spiro atoms. The van der Waals surface area contributed by atoms with E-state index in [1.807, 2.05) is 6.07 Å². The summed E-state index contributed by atoms with van der Waals surface area (Å²) in [5.41, 5.74) is -1.72. The predicted octanol–water partition coefficient (Wildman–Crippen LogP) is 0.732. The summed E-state index contributed by atoms with van der Waals surface area (Å²) in [6, 6.07) is 12.0. The maximum Gasteiger partial charge on any atom is 0.327 e. The third-order valence-electron chi connectivity index (χ3n) is 5.98. The van der Waals surface area contributed by atoms with Gasteiger partial charge in [0.1, 0.15) is 0 Å². The van der Waals surface area contributed by atoms with Crippen molar-refractivity contribution < 1.29 is 29.5 Å². The largest absolute Gasteiger partial charge is 0.480 e. The number of fused-ring (bicyclic) bond motifs is 1. The standard InChI is InChI=1S/C21H16N4O7/c22-9-11-4-6-12(7-5-11)17-15-16(21(10-26,23-17)20(29)30)19(28)24(18(15)27)13-2-1-3-14(8-13)25(31)32/h1-8,15-17,23,26H,10H2,(H,29,30). The molecule has 2 aliphatic rings. The van der Waals surface area contributed by atoms with Gasteiger partial charge in [-0.05, 0) is 23.8 Å². The number of non-ortho nitro benzene ring substituents is 1. The lowest BCUT2D eigenvalue weighted by Gasteiger charge is -2.29. The lowest BCUT2D eigenvalue weighted by atomic mass is 9.79. The highest BCUT2D eigenvalue weighted by Gasteiger charge is 2.68. The second-order valence-corrected chi connectivity index (χ2v) is 7.58. The molecule has 0 saturated carbocycles. The Balaban J connectivity index is 1.84. The van der Waals surface area contributed by atoms with Crippen LogP contribution in [-0.4, -0.2) is 45.1 Å². The van der Waals surface area contributed by atoms with Gasteiger partial charge in [-0.15, -0.1) is 0 Å². The Bertz CT molecular complexity index is 1190. The number of carbonyl (C=O) groups excluding carboxylic acids is 2. The van der Waals surface area contributed by atoms with Gasteiger partial charge in [-0.2, -0.15) is 5.26 Å². The molecule has 4 atom stereocenters. The van der Waals surface area contributed by atoms with Crippen molar-refractivity contribution in [3.8, 4) is 6.07 Å². The number of nitrogens with zero attached hydrogens (tertiary/aromatic N) is 3. The van der Waals surface area contributed by atoms with Crippen LogP contribution < -0.4 is 10.2 Å². The van der Waals surface area contributed by atoms with Crippen molar-refractivity contribution in [2.75, 3.05) is 11.5 Å². The van der Waals surface area contributed by atoms with Crippen molar-refractivity contribution in [3.63, 3.8) is 0 Å². The molecule has 162 valence electrons. The summed E-state index contributed by atoms with van der Waals surface area (Å²) in [5, 5.41) is 42.8. The van der Waals surface area contributed by atoms with E-state index in [0.717, 1.165) is 11.0 Å². The molecule has 4 unspecified atom stereocenters. The summed E-state index contributed by atoms with van der Waals surface area (Å²) in [4.78, 5) is 50.1. The highest BCUT2D eigenvalue weighted by molar-refractivity contribution is 6.24. The summed E-state index contributed by atoms with van der Waals surface area (Å²) in [6.45, 7) is -0.960. The van der Waals surface area contributed by atoms with Crippen molar-refractivity contribution in [2.45, 2.75) is 11.6 Å². The lowest BCUT2D eigenvalue weighted by molar-refractivity contribution is -0.384. The van der Waals surface area contributed by atoms with E-state index in [0.29, 0.717) is 11.1 Å². The van der Waals surface area contributed by atoms with Gasteiger partial charge in [0.15, 0.2) is 5.54 Å². The van der Waals surface area contributed by atoms with Crippen molar-refractivity contribution in [3.05, 3.63) is 69.8 Å². The number of imide groups is 1. The van der Waals surface area contributed by atoms with Crippen molar-refractivity contribution >= 4 is 29.2 Å². The van der Waals surface area contributed by atoms with E-state index in [-0.39, 0.29) is 11.4 Å². The molecule has 2 fully saturated rings. The SMILES string of the molecule is N#Cc1ccc(C2NC(CO)(C(=O)O)C3C(=O)N(c4cccc([N+](=O)[O-])c4)C(=O)C23)cc1. The van der Waals surface area contributed by atoms with Crippen LogP contribution in [0.3, 0.4) is 0 Å². The Kier molecular flexibility index (Phi) is 4.96. The predicted molar refractivity (Wildman–Crippen MR) is 107 cm³/mol. The number of amides is 2. The number of nitrogens with one attached hydrogen (secondary N) is 1. The first kappa shape index (κ1) is 21.1. The Morgan fingerprint density at radius 3 is 2.47 bits per heavy atom. The van der Waals surface area contributed by atoms with E-state index >= 15 is 0 Å². The first-order valence-electron chi connectivity index (χ1n) is 9.49. The first-order chi connectivity index (χ1) is 15.2. The summed E-state index contributed by atoms with van der Waals surface area (Å²) in [7, 11) is 0. The minimum atomic E-state index is -2.13. The molecule has 11 heteroatoms. The molecule has 0 radical (unpaired) electrons. The van der Waals surface area contributed by atoms with Crippen LogP contribution in [0.4, 0.5) is 11.4 Å². The number of carboxylic acids is 1. The molecule has 2 aliphatic heterocycles. The molecule has 32 heavy (non-hydrogen) atoms. The summed E-state index contributed by atoms with van der Waals surface area (Å²) < 4.78 is 0. The molecule has 2 heterocycles. The number of rotatable bonds is 5. The van der Waals surface area contributed by atoms with Crippen LogP contribution in [0.2, 0.25) is 0 Å². The number of nitro groups is 1. The molecule has 0 bridgehead atoms. The van der Waals surface area contributed by atoms with Crippen LogP contribution in [0.25, 0.3) is 0 Å². The number of aliphatic hydroxyl groups excluding tert-OH is 1. The normalized spacial score (nSPS) is 26.6. The number of hydrogen-bond acceptors (Lipinski definition) is 8. The number of benzene rings is 2. The Morgan fingerprint density at radius 2 is 1.91 bits per heavy atom. The molecular formula is C21H16N4O7. The van der Waals surface area contributed by atoms with Gasteiger partial charge < -0.3 is 10.2 Å². The van der Waals surface area contributed by atoms with E-state index in [1.54, 1.807) is 0 Å². The van der Waals surface area contributed by atoms with Gasteiger partial charge in [0, 0.05) is 18.2 Å². The van der Waals surface area contributed by atoms with Gasteiger partial charge in [-0.25, -0.2) is 4.90 Å². The highest BCUT2D eigenvalue weighted by Crippen LogP contribution is 2.49. The average Bonchev–Trinajstić information content (AvgIpc) is 3.28. The third-order valence-corrected chi connectivity index (χ3v) is 5.98. The Labute approximate surface area is 180 Å². The summed E-state index contributed by atoms with van der Waals surface area (Å²) >= 11 is 0. The number of carbonyl (C=O) groups is 3. The van der Waals surface area contributed by atoms with Gasteiger partial charge in [0.05, 0.1) is 40.7 Å². The fourth-order valence-electron chi connectivity index (χ4n) is 4.46. The molecule has 2 amide bonds. The van der Waals surface area contributed by atoms with E-state index in [4.69, 9.17) is 5.26 Å². The van der Waals surface area contributed by atoms with Crippen LogP contribution in [0.5, 0.6) is 0 Å². The summed E-state index contributed by atoms with van der Waals surface area (Å²) in [5.74, 6) is -5.75. The number of nitro benzene ring substituents is 1. The highest BCUT2D eigenvalue weighted by atomic mass is 16.6. The number of anilines is 1. The molecule has 0 aromatic heterocycles. The van der Waals surface area contributed by atoms with Gasteiger partial charge in [0.25, 0.3) is 5.69 Å². The number of aliphatic hydroxyl groups is 1. The fraction of sp³-hybridized carbons (Fsp3) is 0.238. The molecule has 0 aliphatic carbocycles. The lowest BCUT2D eigenvalue weighted by Crippen LogP contribution is -2.58. The van der Waals surface area contributed by atoms with E-state index in [1.165, 1.54) is 42.5 Å².